The molecule has 0 saturated heterocycles. The summed E-state index contributed by atoms with van der Waals surface area (Å²) in [7, 11) is 0. The summed E-state index contributed by atoms with van der Waals surface area (Å²) < 4.78 is 5.49. The van der Waals surface area contributed by atoms with Crippen molar-refractivity contribution in [2.24, 2.45) is 5.92 Å². The summed E-state index contributed by atoms with van der Waals surface area (Å²) >= 11 is 0. The number of hydrogen-bond acceptors (Lipinski definition) is 4. The summed E-state index contributed by atoms with van der Waals surface area (Å²) in [5, 5.41) is 8.90. The van der Waals surface area contributed by atoms with E-state index < -0.39 is 0 Å². The van der Waals surface area contributed by atoms with E-state index in [4.69, 9.17) is 15.7 Å². The highest BCUT2D eigenvalue weighted by Gasteiger charge is 2.14. The van der Waals surface area contributed by atoms with Crippen LogP contribution in [0.15, 0.2) is 18.2 Å². The topological polar surface area (TPSA) is 62.3 Å². The normalized spacial score (nSPS) is 11.7. The Kier molecular flexibility index (Phi) is 5.31. The molecule has 0 radical (unpaired) electrons. The molecule has 1 unspecified atom stereocenters. The van der Waals surface area contributed by atoms with Crippen molar-refractivity contribution in [3.8, 4) is 11.8 Å². The first-order valence-electron chi connectivity index (χ1n) is 6.29. The Bertz CT molecular complexity index is 426. The maximum Gasteiger partial charge on any atom is 0.144 e. The second-order valence-corrected chi connectivity index (χ2v) is 4.19. The number of nitrogen functional groups attached to an aromatic ring is 1. The molecule has 0 bridgehead atoms. The molecule has 0 amide bonds. The lowest BCUT2D eigenvalue weighted by Crippen LogP contribution is -2.28. The smallest absolute Gasteiger partial charge is 0.144 e. The van der Waals surface area contributed by atoms with Gasteiger partial charge in [-0.15, -0.1) is 0 Å². The Morgan fingerprint density at radius 2 is 2.17 bits per heavy atom. The van der Waals surface area contributed by atoms with Gasteiger partial charge in [0, 0.05) is 13.1 Å². The van der Waals surface area contributed by atoms with Gasteiger partial charge in [0.1, 0.15) is 5.75 Å². The zero-order valence-corrected chi connectivity index (χ0v) is 11.3. The standard InChI is InChI=1S/C14H21N3O/c1-4-17(10-11(3)9-15)12-7-6-8-13(14(12)16)18-5-2/h6-8,11H,4-5,10,16H2,1-3H3. The maximum absolute atomic E-state index is 8.90. The van der Waals surface area contributed by atoms with E-state index in [1.165, 1.54) is 0 Å². The second kappa shape index (κ2) is 6.75. The summed E-state index contributed by atoms with van der Waals surface area (Å²) in [6.07, 6.45) is 0. The fourth-order valence-corrected chi connectivity index (χ4v) is 1.86. The van der Waals surface area contributed by atoms with Gasteiger partial charge in [0.05, 0.1) is 30.0 Å². The lowest BCUT2D eigenvalue weighted by atomic mass is 10.1. The Morgan fingerprint density at radius 1 is 1.44 bits per heavy atom. The predicted octanol–water partition coefficient (Wildman–Crippen LogP) is 2.65. The van der Waals surface area contributed by atoms with Crippen LogP contribution in [0.3, 0.4) is 0 Å². The number of hydrogen-bond donors (Lipinski definition) is 1. The van der Waals surface area contributed by atoms with Crippen molar-refractivity contribution in [2.75, 3.05) is 30.3 Å². The van der Waals surface area contributed by atoms with Crippen LogP contribution in [0.5, 0.6) is 5.75 Å². The quantitative estimate of drug-likeness (QED) is 0.785. The van der Waals surface area contributed by atoms with Crippen molar-refractivity contribution in [2.45, 2.75) is 20.8 Å². The molecule has 1 atom stereocenters. The van der Waals surface area contributed by atoms with E-state index >= 15 is 0 Å². The monoisotopic (exact) mass is 247 g/mol. The molecule has 98 valence electrons. The zero-order chi connectivity index (χ0) is 13.5. The van der Waals surface area contributed by atoms with E-state index in [1.807, 2.05) is 32.0 Å². The number of ether oxygens (including phenoxy) is 1. The number of nitrogens with zero attached hydrogens (tertiary/aromatic N) is 2. The summed E-state index contributed by atoms with van der Waals surface area (Å²) in [6.45, 7) is 7.97. The molecular weight excluding hydrogens is 226 g/mol. The molecule has 0 aliphatic carbocycles. The van der Waals surface area contributed by atoms with Crippen LogP contribution in [0.25, 0.3) is 0 Å². The average molecular weight is 247 g/mol. The van der Waals surface area contributed by atoms with E-state index in [0.29, 0.717) is 24.6 Å². The van der Waals surface area contributed by atoms with Gasteiger partial charge in [-0.1, -0.05) is 6.07 Å². The van der Waals surface area contributed by atoms with E-state index in [9.17, 15) is 0 Å². The fourth-order valence-electron chi connectivity index (χ4n) is 1.86. The van der Waals surface area contributed by atoms with Gasteiger partial charge in [-0.2, -0.15) is 5.26 Å². The predicted molar refractivity (Wildman–Crippen MR) is 74.7 cm³/mol. The van der Waals surface area contributed by atoms with E-state index in [0.717, 1.165) is 12.2 Å². The molecule has 0 saturated carbocycles. The molecule has 0 fully saturated rings. The van der Waals surface area contributed by atoms with Crippen molar-refractivity contribution < 1.29 is 4.74 Å². The van der Waals surface area contributed by atoms with Gasteiger partial charge in [0.25, 0.3) is 0 Å². The summed E-state index contributed by atoms with van der Waals surface area (Å²) in [4.78, 5) is 2.10. The van der Waals surface area contributed by atoms with Gasteiger partial charge in [-0.05, 0) is 32.9 Å². The summed E-state index contributed by atoms with van der Waals surface area (Å²) in [5.41, 5.74) is 7.69. The molecule has 2 N–H and O–H groups in total. The Labute approximate surface area is 109 Å². The lowest BCUT2D eigenvalue weighted by Gasteiger charge is -2.26. The molecule has 0 aliphatic heterocycles. The van der Waals surface area contributed by atoms with Crippen LogP contribution >= 0.6 is 0 Å². The van der Waals surface area contributed by atoms with Crippen LogP contribution in [-0.4, -0.2) is 19.7 Å². The van der Waals surface area contributed by atoms with Crippen molar-refractivity contribution >= 4 is 11.4 Å². The number of nitrogens with two attached hydrogens (primary N) is 1. The molecular formula is C14H21N3O. The molecule has 18 heavy (non-hydrogen) atoms. The van der Waals surface area contributed by atoms with Crippen molar-refractivity contribution in [1.82, 2.24) is 0 Å². The van der Waals surface area contributed by atoms with Crippen LogP contribution in [0.1, 0.15) is 20.8 Å². The number of anilines is 2. The third-order valence-corrected chi connectivity index (χ3v) is 2.78. The van der Waals surface area contributed by atoms with E-state index in [-0.39, 0.29) is 5.92 Å². The third kappa shape index (κ3) is 3.30. The second-order valence-electron chi connectivity index (χ2n) is 4.19. The summed E-state index contributed by atoms with van der Waals surface area (Å²) in [6, 6.07) is 8.00. The SMILES string of the molecule is CCOc1cccc(N(CC)CC(C)C#N)c1N. The average Bonchev–Trinajstić information content (AvgIpc) is 2.38. The molecule has 1 aromatic carbocycles. The van der Waals surface area contributed by atoms with Gasteiger partial charge in [0.15, 0.2) is 0 Å². The molecule has 1 aromatic rings. The maximum atomic E-state index is 8.90. The van der Waals surface area contributed by atoms with Crippen LogP contribution in [0.2, 0.25) is 0 Å². The van der Waals surface area contributed by atoms with Crippen LogP contribution in [-0.2, 0) is 0 Å². The van der Waals surface area contributed by atoms with Crippen LogP contribution in [0.4, 0.5) is 11.4 Å². The minimum absolute atomic E-state index is 0.0277. The van der Waals surface area contributed by atoms with E-state index in [1.54, 1.807) is 0 Å². The van der Waals surface area contributed by atoms with Gasteiger partial charge in [-0.3, -0.25) is 0 Å². The molecule has 0 heterocycles. The Morgan fingerprint density at radius 3 is 2.72 bits per heavy atom. The summed E-state index contributed by atoms with van der Waals surface area (Å²) in [5.74, 6) is 0.679. The van der Waals surface area contributed by atoms with Gasteiger partial charge < -0.3 is 15.4 Å². The molecule has 4 nitrogen and oxygen atoms in total. The van der Waals surface area contributed by atoms with Gasteiger partial charge in [-0.25, -0.2) is 0 Å². The third-order valence-electron chi connectivity index (χ3n) is 2.78. The van der Waals surface area contributed by atoms with Crippen molar-refractivity contribution in [3.63, 3.8) is 0 Å². The fraction of sp³-hybridized carbons (Fsp3) is 0.500. The minimum atomic E-state index is -0.0277. The lowest BCUT2D eigenvalue weighted by molar-refractivity contribution is 0.342. The highest BCUT2D eigenvalue weighted by molar-refractivity contribution is 5.74. The molecule has 0 aromatic heterocycles. The van der Waals surface area contributed by atoms with Crippen molar-refractivity contribution in [3.05, 3.63) is 18.2 Å². The molecule has 0 spiro atoms. The number of nitriles is 1. The highest BCUT2D eigenvalue weighted by atomic mass is 16.5. The zero-order valence-electron chi connectivity index (χ0n) is 11.3. The van der Waals surface area contributed by atoms with Gasteiger partial charge in [0.2, 0.25) is 0 Å². The highest BCUT2D eigenvalue weighted by Crippen LogP contribution is 2.32. The number of para-hydroxylation sites is 1. The van der Waals surface area contributed by atoms with Gasteiger partial charge >= 0.3 is 0 Å². The molecule has 1 rings (SSSR count). The Balaban J connectivity index is 2.99. The van der Waals surface area contributed by atoms with Crippen LogP contribution < -0.4 is 15.4 Å². The minimum Gasteiger partial charge on any atom is -0.492 e. The number of rotatable bonds is 6. The van der Waals surface area contributed by atoms with Crippen molar-refractivity contribution in [1.29, 1.82) is 5.26 Å². The first kappa shape index (κ1) is 14.2. The number of benzene rings is 1. The largest absolute Gasteiger partial charge is 0.492 e. The van der Waals surface area contributed by atoms with Crippen LogP contribution in [0, 0.1) is 17.2 Å². The Hall–Kier alpha value is -1.89. The molecule has 4 heteroatoms. The van der Waals surface area contributed by atoms with E-state index in [2.05, 4.69) is 17.9 Å². The first-order chi connectivity index (χ1) is 8.63. The first-order valence-corrected chi connectivity index (χ1v) is 6.29. The molecule has 0 aliphatic rings.